The fraction of sp³-hybridized carbons (Fsp3) is 0.562. The van der Waals surface area contributed by atoms with E-state index in [0.717, 1.165) is 12.3 Å². The average molecular weight is 215 g/mol. The highest BCUT2D eigenvalue weighted by atomic mass is 14.2. The Hall–Kier alpha value is -0.780. The standard InChI is InChI=1S/C16H23/c1-13(2)16-11-9-15(10-12-16)8-7-14-5-3-4-6-14/h7,9-14H,3-6,8H2,1-2H3. The second-order valence-electron chi connectivity index (χ2n) is 5.38. The van der Waals surface area contributed by atoms with Gasteiger partial charge >= 0.3 is 0 Å². The lowest BCUT2D eigenvalue weighted by molar-refractivity contribution is 0.618. The number of rotatable bonds is 4. The van der Waals surface area contributed by atoms with Crippen LogP contribution in [0.5, 0.6) is 0 Å². The molecule has 1 aromatic carbocycles. The molecule has 0 saturated heterocycles. The Kier molecular flexibility index (Phi) is 4.04. The molecule has 0 heteroatoms. The third kappa shape index (κ3) is 3.10. The first-order chi connectivity index (χ1) is 7.75. The molecule has 1 fully saturated rings. The highest BCUT2D eigenvalue weighted by molar-refractivity contribution is 5.25. The van der Waals surface area contributed by atoms with Crippen LogP contribution >= 0.6 is 0 Å². The highest BCUT2D eigenvalue weighted by Crippen LogP contribution is 2.28. The first kappa shape index (κ1) is 11.7. The van der Waals surface area contributed by atoms with E-state index < -0.39 is 0 Å². The summed E-state index contributed by atoms with van der Waals surface area (Å²) in [5.41, 5.74) is 2.92. The van der Waals surface area contributed by atoms with Crippen LogP contribution in [0.25, 0.3) is 0 Å². The second kappa shape index (κ2) is 5.52. The summed E-state index contributed by atoms with van der Waals surface area (Å²) in [6.07, 6.45) is 9.40. The molecule has 0 heterocycles. The molecule has 0 amide bonds. The van der Waals surface area contributed by atoms with Crippen molar-refractivity contribution in [2.24, 2.45) is 5.92 Å². The van der Waals surface area contributed by atoms with Crippen LogP contribution in [-0.4, -0.2) is 0 Å². The predicted molar refractivity (Wildman–Crippen MR) is 70.5 cm³/mol. The molecule has 0 N–H and O–H groups in total. The summed E-state index contributed by atoms with van der Waals surface area (Å²) >= 11 is 0. The molecule has 0 atom stereocenters. The van der Waals surface area contributed by atoms with E-state index in [-0.39, 0.29) is 0 Å². The Morgan fingerprint density at radius 2 is 1.75 bits per heavy atom. The predicted octanol–water partition coefficient (Wildman–Crippen LogP) is 4.75. The summed E-state index contributed by atoms with van der Waals surface area (Å²) in [6, 6.07) is 9.15. The minimum atomic E-state index is 0.646. The van der Waals surface area contributed by atoms with Crippen LogP contribution in [0.3, 0.4) is 0 Å². The van der Waals surface area contributed by atoms with Crippen LogP contribution in [0.2, 0.25) is 0 Å². The zero-order valence-electron chi connectivity index (χ0n) is 10.6. The summed E-state index contributed by atoms with van der Waals surface area (Å²) in [7, 11) is 0. The summed E-state index contributed by atoms with van der Waals surface area (Å²) in [5.74, 6) is 1.54. The molecular formula is C16H23. The average Bonchev–Trinajstić information content (AvgIpc) is 2.80. The smallest absolute Gasteiger partial charge is 0.0219 e. The Morgan fingerprint density at radius 1 is 1.12 bits per heavy atom. The van der Waals surface area contributed by atoms with Crippen LogP contribution in [0.4, 0.5) is 0 Å². The van der Waals surface area contributed by atoms with Crippen molar-refractivity contribution in [3.63, 3.8) is 0 Å². The molecule has 16 heavy (non-hydrogen) atoms. The van der Waals surface area contributed by atoms with Gasteiger partial charge in [0.15, 0.2) is 0 Å². The molecule has 0 aromatic heterocycles. The first-order valence-electron chi connectivity index (χ1n) is 6.68. The van der Waals surface area contributed by atoms with Gasteiger partial charge in [-0.15, -0.1) is 0 Å². The minimum absolute atomic E-state index is 0.646. The molecule has 1 aliphatic carbocycles. The highest BCUT2D eigenvalue weighted by Gasteiger charge is 2.14. The van der Waals surface area contributed by atoms with Crippen molar-refractivity contribution in [1.29, 1.82) is 0 Å². The van der Waals surface area contributed by atoms with Crippen molar-refractivity contribution >= 4 is 0 Å². The number of hydrogen-bond acceptors (Lipinski definition) is 0. The zero-order chi connectivity index (χ0) is 11.4. The van der Waals surface area contributed by atoms with Gasteiger partial charge in [-0.25, -0.2) is 0 Å². The molecule has 1 radical (unpaired) electrons. The Labute approximate surface area is 100 Å². The zero-order valence-corrected chi connectivity index (χ0v) is 10.6. The van der Waals surface area contributed by atoms with E-state index in [2.05, 4.69) is 44.5 Å². The first-order valence-corrected chi connectivity index (χ1v) is 6.68. The summed E-state index contributed by atoms with van der Waals surface area (Å²) in [5, 5.41) is 0. The van der Waals surface area contributed by atoms with Gasteiger partial charge in [-0.05, 0) is 35.8 Å². The van der Waals surface area contributed by atoms with Crippen molar-refractivity contribution in [2.45, 2.75) is 51.9 Å². The van der Waals surface area contributed by atoms with Crippen molar-refractivity contribution in [1.82, 2.24) is 0 Å². The van der Waals surface area contributed by atoms with E-state index in [4.69, 9.17) is 0 Å². The summed E-state index contributed by atoms with van der Waals surface area (Å²) in [6.45, 7) is 4.50. The maximum absolute atomic E-state index is 2.53. The Morgan fingerprint density at radius 3 is 2.31 bits per heavy atom. The molecule has 2 rings (SSSR count). The van der Waals surface area contributed by atoms with Crippen molar-refractivity contribution < 1.29 is 0 Å². The topological polar surface area (TPSA) is 0 Å². The van der Waals surface area contributed by atoms with E-state index in [1.54, 1.807) is 0 Å². The van der Waals surface area contributed by atoms with Gasteiger partial charge in [0.05, 0.1) is 0 Å². The lowest BCUT2D eigenvalue weighted by Crippen LogP contribution is -1.98. The number of benzene rings is 1. The minimum Gasteiger partial charge on any atom is -0.0587 e. The van der Waals surface area contributed by atoms with Crippen molar-refractivity contribution in [3.8, 4) is 0 Å². The van der Waals surface area contributed by atoms with Gasteiger partial charge in [0, 0.05) is 0 Å². The maximum Gasteiger partial charge on any atom is -0.0219 e. The van der Waals surface area contributed by atoms with Crippen molar-refractivity contribution in [2.75, 3.05) is 0 Å². The quantitative estimate of drug-likeness (QED) is 0.680. The van der Waals surface area contributed by atoms with Gasteiger partial charge in [-0.3, -0.25) is 0 Å². The molecular weight excluding hydrogens is 192 g/mol. The molecule has 0 unspecified atom stereocenters. The van der Waals surface area contributed by atoms with Crippen LogP contribution in [0.15, 0.2) is 24.3 Å². The van der Waals surface area contributed by atoms with Crippen LogP contribution < -0.4 is 0 Å². The Balaban J connectivity index is 1.84. The van der Waals surface area contributed by atoms with Crippen LogP contribution in [0.1, 0.15) is 56.6 Å². The van der Waals surface area contributed by atoms with Gasteiger partial charge in [0.2, 0.25) is 0 Å². The fourth-order valence-electron chi connectivity index (χ4n) is 2.53. The van der Waals surface area contributed by atoms with Gasteiger partial charge in [-0.2, -0.15) is 0 Å². The molecule has 0 bridgehead atoms. The van der Waals surface area contributed by atoms with Gasteiger partial charge in [0.1, 0.15) is 0 Å². The van der Waals surface area contributed by atoms with Gasteiger partial charge in [0.25, 0.3) is 0 Å². The SMILES string of the molecule is CC(C)c1ccc(C[CH]C2CCCC2)cc1. The monoisotopic (exact) mass is 215 g/mol. The largest absolute Gasteiger partial charge is 0.0587 e. The number of hydrogen-bond donors (Lipinski definition) is 0. The lowest BCUT2D eigenvalue weighted by atomic mass is 9.96. The van der Waals surface area contributed by atoms with Crippen molar-refractivity contribution in [3.05, 3.63) is 41.8 Å². The molecule has 0 nitrogen and oxygen atoms in total. The Bertz CT molecular complexity index is 301. The van der Waals surface area contributed by atoms with Crippen LogP contribution in [0, 0.1) is 12.3 Å². The normalized spacial score (nSPS) is 17.2. The molecule has 1 aromatic rings. The van der Waals surface area contributed by atoms with E-state index in [9.17, 15) is 0 Å². The third-order valence-corrected chi connectivity index (χ3v) is 3.73. The summed E-state index contributed by atoms with van der Waals surface area (Å²) < 4.78 is 0. The van der Waals surface area contributed by atoms with E-state index >= 15 is 0 Å². The molecule has 1 saturated carbocycles. The van der Waals surface area contributed by atoms with E-state index in [1.165, 1.54) is 36.8 Å². The van der Waals surface area contributed by atoms with Gasteiger partial charge < -0.3 is 0 Å². The summed E-state index contributed by atoms with van der Waals surface area (Å²) in [4.78, 5) is 0. The third-order valence-electron chi connectivity index (χ3n) is 3.73. The lowest BCUT2D eigenvalue weighted by Gasteiger charge is -2.09. The van der Waals surface area contributed by atoms with E-state index in [0.29, 0.717) is 5.92 Å². The fourth-order valence-corrected chi connectivity index (χ4v) is 2.53. The molecule has 0 aliphatic heterocycles. The molecule has 0 spiro atoms. The maximum atomic E-state index is 2.53. The molecule has 87 valence electrons. The van der Waals surface area contributed by atoms with Crippen LogP contribution in [-0.2, 0) is 6.42 Å². The van der Waals surface area contributed by atoms with Gasteiger partial charge in [-0.1, -0.05) is 63.8 Å². The van der Waals surface area contributed by atoms with E-state index in [1.807, 2.05) is 0 Å². The molecule has 1 aliphatic rings. The second-order valence-corrected chi connectivity index (χ2v) is 5.38.